The Morgan fingerprint density at radius 3 is 2.47 bits per heavy atom. The van der Waals surface area contributed by atoms with Crippen LogP contribution in [0.3, 0.4) is 0 Å². The van der Waals surface area contributed by atoms with Crippen molar-refractivity contribution in [2.45, 2.75) is 50.7 Å². The standard InChI is InChI=1S/C11H22N2O2/c1-3-9(10(12)14)13(2)8-11(15)6-4-5-7-11/h9,15H,3-8H2,1-2H3,(H2,12,14). The molecule has 1 unspecified atom stereocenters. The molecule has 1 rings (SSSR count). The minimum absolute atomic E-state index is 0.255. The minimum atomic E-state index is -0.600. The molecular weight excluding hydrogens is 192 g/mol. The van der Waals surface area contributed by atoms with Crippen LogP contribution in [0.5, 0.6) is 0 Å². The number of nitrogens with zero attached hydrogens (tertiary/aromatic N) is 1. The molecule has 0 radical (unpaired) electrons. The van der Waals surface area contributed by atoms with Gasteiger partial charge in [-0.3, -0.25) is 9.69 Å². The number of carbonyl (C=O) groups excluding carboxylic acids is 1. The minimum Gasteiger partial charge on any atom is -0.389 e. The topological polar surface area (TPSA) is 66.6 Å². The molecule has 0 aromatic carbocycles. The van der Waals surface area contributed by atoms with Gasteiger partial charge in [0, 0.05) is 6.54 Å². The van der Waals surface area contributed by atoms with Gasteiger partial charge >= 0.3 is 0 Å². The highest BCUT2D eigenvalue weighted by Crippen LogP contribution is 2.30. The summed E-state index contributed by atoms with van der Waals surface area (Å²) >= 11 is 0. The number of likely N-dealkylation sites (N-methyl/N-ethyl adjacent to an activating group) is 1. The summed E-state index contributed by atoms with van der Waals surface area (Å²) in [6.45, 7) is 2.49. The van der Waals surface area contributed by atoms with Gasteiger partial charge in [0.05, 0.1) is 11.6 Å². The van der Waals surface area contributed by atoms with E-state index in [4.69, 9.17) is 5.73 Å². The van der Waals surface area contributed by atoms with Crippen LogP contribution in [0.15, 0.2) is 0 Å². The van der Waals surface area contributed by atoms with Crippen LogP contribution in [0.4, 0.5) is 0 Å². The third-order valence-electron chi connectivity index (χ3n) is 3.33. The molecule has 1 aliphatic rings. The zero-order valence-electron chi connectivity index (χ0n) is 9.70. The smallest absolute Gasteiger partial charge is 0.234 e. The molecule has 0 aromatic heterocycles. The van der Waals surface area contributed by atoms with Gasteiger partial charge in [0.25, 0.3) is 0 Å². The second kappa shape index (κ2) is 4.94. The van der Waals surface area contributed by atoms with E-state index < -0.39 is 5.60 Å². The zero-order valence-corrected chi connectivity index (χ0v) is 9.70. The Balaban J connectivity index is 2.52. The van der Waals surface area contributed by atoms with Gasteiger partial charge in [0.15, 0.2) is 0 Å². The Kier molecular flexibility index (Phi) is 4.11. The largest absolute Gasteiger partial charge is 0.389 e. The number of amides is 1. The molecule has 4 heteroatoms. The summed E-state index contributed by atoms with van der Waals surface area (Å²) in [6, 6.07) is -0.255. The van der Waals surface area contributed by atoms with Gasteiger partial charge in [-0.05, 0) is 26.3 Å². The van der Waals surface area contributed by atoms with Crippen molar-refractivity contribution >= 4 is 5.91 Å². The number of hydrogen-bond acceptors (Lipinski definition) is 3. The van der Waals surface area contributed by atoms with Crippen LogP contribution in [0.25, 0.3) is 0 Å². The van der Waals surface area contributed by atoms with Crippen LogP contribution in [0, 0.1) is 0 Å². The molecule has 0 bridgehead atoms. The van der Waals surface area contributed by atoms with Crippen LogP contribution in [-0.2, 0) is 4.79 Å². The first-order valence-corrected chi connectivity index (χ1v) is 5.70. The summed E-state index contributed by atoms with van der Waals surface area (Å²) in [7, 11) is 1.86. The average Bonchev–Trinajstić information content (AvgIpc) is 2.51. The van der Waals surface area contributed by atoms with E-state index in [-0.39, 0.29) is 11.9 Å². The normalized spacial score (nSPS) is 21.9. The SMILES string of the molecule is CCC(C(N)=O)N(C)CC1(O)CCCC1. The van der Waals surface area contributed by atoms with Gasteiger partial charge in [-0.2, -0.15) is 0 Å². The quantitative estimate of drug-likeness (QED) is 0.700. The first kappa shape index (κ1) is 12.5. The highest BCUT2D eigenvalue weighted by atomic mass is 16.3. The van der Waals surface area contributed by atoms with Gasteiger partial charge in [-0.25, -0.2) is 0 Å². The number of primary amides is 1. The van der Waals surface area contributed by atoms with Crippen molar-refractivity contribution in [2.24, 2.45) is 5.73 Å². The predicted molar refractivity (Wildman–Crippen MR) is 59.3 cm³/mol. The lowest BCUT2D eigenvalue weighted by Crippen LogP contribution is -2.48. The highest BCUT2D eigenvalue weighted by molar-refractivity contribution is 5.79. The van der Waals surface area contributed by atoms with Gasteiger partial charge < -0.3 is 10.8 Å². The average molecular weight is 214 g/mol. The van der Waals surface area contributed by atoms with Crippen molar-refractivity contribution in [1.82, 2.24) is 4.90 Å². The summed E-state index contributed by atoms with van der Waals surface area (Å²) in [6.07, 6.45) is 4.54. The fourth-order valence-electron chi connectivity index (χ4n) is 2.50. The molecule has 0 spiro atoms. The summed E-state index contributed by atoms with van der Waals surface area (Å²) in [4.78, 5) is 13.0. The van der Waals surface area contributed by atoms with E-state index in [0.717, 1.165) is 25.7 Å². The van der Waals surface area contributed by atoms with E-state index >= 15 is 0 Å². The maximum Gasteiger partial charge on any atom is 0.234 e. The second-order valence-electron chi connectivity index (χ2n) is 4.67. The van der Waals surface area contributed by atoms with Crippen molar-refractivity contribution in [1.29, 1.82) is 0 Å². The van der Waals surface area contributed by atoms with Gasteiger partial charge in [-0.1, -0.05) is 19.8 Å². The van der Waals surface area contributed by atoms with Gasteiger partial charge in [0.2, 0.25) is 5.91 Å². The van der Waals surface area contributed by atoms with Crippen LogP contribution in [0.2, 0.25) is 0 Å². The van der Waals surface area contributed by atoms with E-state index in [0.29, 0.717) is 13.0 Å². The van der Waals surface area contributed by atoms with Crippen LogP contribution < -0.4 is 5.73 Å². The maximum absolute atomic E-state index is 11.1. The number of nitrogens with two attached hydrogens (primary N) is 1. The molecule has 4 nitrogen and oxygen atoms in total. The van der Waals surface area contributed by atoms with Crippen molar-refractivity contribution in [2.75, 3.05) is 13.6 Å². The molecule has 1 atom stereocenters. The van der Waals surface area contributed by atoms with Gasteiger partial charge in [-0.15, -0.1) is 0 Å². The Labute approximate surface area is 91.4 Å². The molecular formula is C11H22N2O2. The summed E-state index contributed by atoms with van der Waals surface area (Å²) in [5.41, 5.74) is 4.70. The van der Waals surface area contributed by atoms with Gasteiger partial charge in [0.1, 0.15) is 0 Å². The molecule has 0 aliphatic heterocycles. The van der Waals surface area contributed by atoms with Crippen LogP contribution >= 0.6 is 0 Å². The summed E-state index contributed by atoms with van der Waals surface area (Å²) in [5.74, 6) is -0.304. The van der Waals surface area contributed by atoms with Crippen molar-refractivity contribution in [3.8, 4) is 0 Å². The number of carbonyl (C=O) groups is 1. The molecule has 1 amide bonds. The molecule has 1 fully saturated rings. The fourth-order valence-corrected chi connectivity index (χ4v) is 2.50. The highest BCUT2D eigenvalue weighted by Gasteiger charge is 2.34. The first-order chi connectivity index (χ1) is 6.98. The maximum atomic E-state index is 11.1. The Bertz CT molecular complexity index is 225. The predicted octanol–water partition coefficient (Wildman–Crippen LogP) is 0.487. The monoisotopic (exact) mass is 214 g/mol. The van der Waals surface area contributed by atoms with E-state index in [9.17, 15) is 9.90 Å². The first-order valence-electron chi connectivity index (χ1n) is 5.70. The molecule has 15 heavy (non-hydrogen) atoms. The number of rotatable bonds is 5. The third kappa shape index (κ3) is 3.18. The fraction of sp³-hybridized carbons (Fsp3) is 0.909. The number of hydrogen-bond donors (Lipinski definition) is 2. The number of aliphatic hydroxyl groups is 1. The molecule has 0 aromatic rings. The Morgan fingerprint density at radius 1 is 1.53 bits per heavy atom. The van der Waals surface area contributed by atoms with E-state index in [1.165, 1.54) is 0 Å². The van der Waals surface area contributed by atoms with E-state index in [1.54, 1.807) is 0 Å². The second-order valence-corrected chi connectivity index (χ2v) is 4.67. The Morgan fingerprint density at radius 2 is 2.07 bits per heavy atom. The molecule has 1 saturated carbocycles. The lowest BCUT2D eigenvalue weighted by atomic mass is 10.0. The van der Waals surface area contributed by atoms with Crippen LogP contribution in [0.1, 0.15) is 39.0 Å². The lowest BCUT2D eigenvalue weighted by Gasteiger charge is -2.32. The summed E-state index contributed by atoms with van der Waals surface area (Å²) < 4.78 is 0. The molecule has 1 aliphatic carbocycles. The van der Waals surface area contributed by atoms with Crippen molar-refractivity contribution < 1.29 is 9.90 Å². The van der Waals surface area contributed by atoms with Crippen molar-refractivity contribution in [3.05, 3.63) is 0 Å². The third-order valence-corrected chi connectivity index (χ3v) is 3.33. The molecule has 0 heterocycles. The van der Waals surface area contributed by atoms with Crippen molar-refractivity contribution in [3.63, 3.8) is 0 Å². The lowest BCUT2D eigenvalue weighted by molar-refractivity contribution is -0.124. The zero-order chi connectivity index (χ0) is 11.5. The summed E-state index contributed by atoms with van der Waals surface area (Å²) in [5, 5.41) is 10.2. The molecule has 0 saturated heterocycles. The Hall–Kier alpha value is -0.610. The molecule has 3 N–H and O–H groups in total. The van der Waals surface area contributed by atoms with E-state index in [2.05, 4.69) is 0 Å². The molecule has 88 valence electrons. The van der Waals surface area contributed by atoms with Crippen LogP contribution in [-0.4, -0.2) is 41.1 Å². The van der Waals surface area contributed by atoms with E-state index in [1.807, 2.05) is 18.9 Å².